The molecule has 1 rings (SSSR count). The Morgan fingerprint density at radius 2 is 2.36 bits per heavy atom. The lowest BCUT2D eigenvalue weighted by Gasteiger charge is -2.03. The van der Waals surface area contributed by atoms with Gasteiger partial charge >= 0.3 is 0 Å². The summed E-state index contributed by atoms with van der Waals surface area (Å²) in [5.41, 5.74) is 1.20. The minimum Gasteiger partial charge on any atom is -0.346 e. The van der Waals surface area contributed by atoms with Crippen molar-refractivity contribution in [2.24, 2.45) is 0 Å². The number of pyridine rings is 1. The Bertz CT molecular complexity index is 363. The van der Waals surface area contributed by atoms with Crippen LogP contribution in [-0.2, 0) is 0 Å². The number of hydrogen-bond acceptors (Lipinski definition) is 2. The van der Waals surface area contributed by atoms with Crippen LogP contribution in [-0.4, -0.2) is 17.4 Å². The number of carbonyl (C=O) groups is 1. The molecule has 0 bridgehead atoms. The van der Waals surface area contributed by atoms with E-state index in [-0.39, 0.29) is 12.5 Å². The molecule has 1 heterocycles. The molecule has 4 heteroatoms. The fourth-order valence-electron chi connectivity index (χ4n) is 0.936. The summed E-state index contributed by atoms with van der Waals surface area (Å²) in [6.45, 7) is 5.56. The van der Waals surface area contributed by atoms with E-state index < -0.39 is 0 Å². The molecule has 1 aromatic heterocycles. The highest BCUT2D eigenvalue weighted by atomic mass is 35.5. The highest BCUT2D eigenvalue weighted by Crippen LogP contribution is 1.99. The minimum absolute atomic E-state index is 0.240. The first-order chi connectivity index (χ1) is 6.59. The number of aromatic nitrogens is 1. The van der Waals surface area contributed by atoms with Gasteiger partial charge in [0.1, 0.15) is 5.69 Å². The SMILES string of the molecule is C=C(Cl)CNC(=O)c1cccc(C)n1. The van der Waals surface area contributed by atoms with Crippen molar-refractivity contribution in [1.82, 2.24) is 10.3 Å². The van der Waals surface area contributed by atoms with E-state index in [0.717, 1.165) is 5.69 Å². The first-order valence-electron chi connectivity index (χ1n) is 4.14. The average Bonchev–Trinajstić information content (AvgIpc) is 2.14. The number of aryl methyl sites for hydroxylation is 1. The standard InChI is InChI=1S/C10H11ClN2O/c1-7(11)6-12-10(14)9-5-3-4-8(2)13-9/h3-5H,1,6H2,2H3,(H,12,14). The Morgan fingerprint density at radius 3 is 2.93 bits per heavy atom. The predicted octanol–water partition coefficient (Wildman–Crippen LogP) is 1.87. The lowest BCUT2D eigenvalue weighted by atomic mass is 10.3. The van der Waals surface area contributed by atoms with Gasteiger partial charge in [-0.1, -0.05) is 24.2 Å². The number of rotatable bonds is 3. The minimum atomic E-state index is -0.240. The lowest BCUT2D eigenvalue weighted by molar-refractivity contribution is 0.0952. The van der Waals surface area contributed by atoms with Gasteiger partial charge in [-0.15, -0.1) is 0 Å². The van der Waals surface area contributed by atoms with Gasteiger partial charge in [0.05, 0.1) is 6.54 Å². The van der Waals surface area contributed by atoms with E-state index in [1.54, 1.807) is 12.1 Å². The van der Waals surface area contributed by atoms with Gasteiger partial charge in [-0.25, -0.2) is 4.98 Å². The van der Waals surface area contributed by atoms with Crippen LogP contribution in [0.25, 0.3) is 0 Å². The number of halogens is 1. The normalized spacial score (nSPS) is 9.57. The van der Waals surface area contributed by atoms with Crippen LogP contribution in [0.15, 0.2) is 29.8 Å². The molecule has 0 aromatic carbocycles. The summed E-state index contributed by atoms with van der Waals surface area (Å²) >= 11 is 5.51. The van der Waals surface area contributed by atoms with Gasteiger partial charge in [0.2, 0.25) is 0 Å². The van der Waals surface area contributed by atoms with E-state index >= 15 is 0 Å². The van der Waals surface area contributed by atoms with Gasteiger partial charge in [0, 0.05) is 10.7 Å². The largest absolute Gasteiger partial charge is 0.346 e. The number of hydrogen-bond donors (Lipinski definition) is 1. The highest BCUT2D eigenvalue weighted by molar-refractivity contribution is 6.29. The molecule has 0 aliphatic rings. The Labute approximate surface area is 87.8 Å². The van der Waals surface area contributed by atoms with Crippen molar-refractivity contribution in [3.63, 3.8) is 0 Å². The van der Waals surface area contributed by atoms with Crippen molar-refractivity contribution in [1.29, 1.82) is 0 Å². The average molecular weight is 211 g/mol. The van der Waals surface area contributed by atoms with Gasteiger partial charge in [0.25, 0.3) is 5.91 Å². The van der Waals surface area contributed by atoms with Crippen LogP contribution in [0.4, 0.5) is 0 Å². The van der Waals surface area contributed by atoms with Crippen LogP contribution in [0, 0.1) is 6.92 Å². The fourth-order valence-corrected chi connectivity index (χ4v) is 1.00. The second kappa shape index (κ2) is 4.77. The Balaban J connectivity index is 2.65. The Kier molecular flexibility index (Phi) is 3.65. The third-order valence-electron chi connectivity index (χ3n) is 1.56. The van der Waals surface area contributed by atoms with Crippen molar-refractivity contribution in [3.8, 4) is 0 Å². The van der Waals surface area contributed by atoms with Gasteiger partial charge in [-0.05, 0) is 19.1 Å². The summed E-state index contributed by atoms with van der Waals surface area (Å²) < 4.78 is 0. The van der Waals surface area contributed by atoms with Gasteiger partial charge < -0.3 is 5.32 Å². The van der Waals surface area contributed by atoms with Gasteiger partial charge in [-0.3, -0.25) is 4.79 Å². The number of nitrogens with one attached hydrogen (secondary N) is 1. The maximum Gasteiger partial charge on any atom is 0.270 e. The molecule has 0 saturated heterocycles. The van der Waals surface area contributed by atoms with Crippen molar-refractivity contribution < 1.29 is 4.79 Å². The summed E-state index contributed by atoms with van der Waals surface area (Å²) in [6, 6.07) is 5.27. The van der Waals surface area contributed by atoms with Gasteiger partial charge in [-0.2, -0.15) is 0 Å². The molecule has 14 heavy (non-hydrogen) atoms. The summed E-state index contributed by atoms with van der Waals surface area (Å²) in [7, 11) is 0. The van der Waals surface area contributed by atoms with Gasteiger partial charge in [0.15, 0.2) is 0 Å². The zero-order valence-electron chi connectivity index (χ0n) is 7.88. The molecule has 0 aliphatic heterocycles. The van der Waals surface area contributed by atoms with E-state index in [1.807, 2.05) is 13.0 Å². The summed E-state index contributed by atoms with van der Waals surface area (Å²) in [5, 5.41) is 2.99. The van der Waals surface area contributed by atoms with Crippen LogP contribution in [0.5, 0.6) is 0 Å². The molecule has 1 amide bonds. The quantitative estimate of drug-likeness (QED) is 0.828. The maximum absolute atomic E-state index is 11.4. The molecule has 1 N–H and O–H groups in total. The molecule has 1 aromatic rings. The van der Waals surface area contributed by atoms with Crippen molar-refractivity contribution >= 4 is 17.5 Å². The third-order valence-corrected chi connectivity index (χ3v) is 1.70. The smallest absolute Gasteiger partial charge is 0.270 e. The van der Waals surface area contributed by atoms with Crippen LogP contribution in [0.2, 0.25) is 0 Å². The molecule has 0 aliphatic carbocycles. The topological polar surface area (TPSA) is 42.0 Å². The molecule has 0 spiro atoms. The van der Waals surface area contributed by atoms with Crippen LogP contribution in [0.1, 0.15) is 16.2 Å². The van der Waals surface area contributed by atoms with E-state index in [1.165, 1.54) is 0 Å². The maximum atomic E-state index is 11.4. The molecule has 0 unspecified atom stereocenters. The number of carbonyl (C=O) groups excluding carboxylic acids is 1. The van der Waals surface area contributed by atoms with Crippen LogP contribution >= 0.6 is 11.6 Å². The predicted molar refractivity (Wildman–Crippen MR) is 56.3 cm³/mol. The van der Waals surface area contributed by atoms with Crippen molar-refractivity contribution in [2.75, 3.05) is 6.54 Å². The second-order valence-corrected chi connectivity index (χ2v) is 3.40. The number of nitrogens with zero attached hydrogens (tertiary/aromatic N) is 1. The molecule has 74 valence electrons. The lowest BCUT2D eigenvalue weighted by Crippen LogP contribution is -2.25. The molecule has 0 fully saturated rings. The second-order valence-electron chi connectivity index (χ2n) is 2.86. The van der Waals surface area contributed by atoms with Crippen LogP contribution in [0.3, 0.4) is 0 Å². The summed E-state index contributed by atoms with van der Waals surface area (Å²) in [6.07, 6.45) is 0. The molecular formula is C10H11ClN2O. The first-order valence-corrected chi connectivity index (χ1v) is 4.52. The van der Waals surface area contributed by atoms with E-state index in [9.17, 15) is 4.79 Å². The fraction of sp³-hybridized carbons (Fsp3) is 0.200. The Hall–Kier alpha value is -1.35. The van der Waals surface area contributed by atoms with Crippen molar-refractivity contribution in [3.05, 3.63) is 41.2 Å². The molecular weight excluding hydrogens is 200 g/mol. The summed E-state index contributed by atoms with van der Waals surface area (Å²) in [5.74, 6) is -0.240. The first kappa shape index (κ1) is 10.7. The Morgan fingerprint density at radius 1 is 1.64 bits per heavy atom. The zero-order valence-corrected chi connectivity index (χ0v) is 8.64. The molecule has 0 saturated carbocycles. The highest BCUT2D eigenvalue weighted by Gasteiger charge is 2.05. The molecule has 3 nitrogen and oxygen atoms in total. The number of amides is 1. The van der Waals surface area contributed by atoms with E-state index in [2.05, 4.69) is 16.9 Å². The van der Waals surface area contributed by atoms with Crippen molar-refractivity contribution in [2.45, 2.75) is 6.92 Å². The summed E-state index contributed by atoms with van der Waals surface area (Å²) in [4.78, 5) is 15.5. The van der Waals surface area contributed by atoms with E-state index in [0.29, 0.717) is 10.7 Å². The molecule has 0 radical (unpaired) electrons. The monoisotopic (exact) mass is 210 g/mol. The van der Waals surface area contributed by atoms with Crippen LogP contribution < -0.4 is 5.32 Å². The zero-order chi connectivity index (χ0) is 10.6. The third kappa shape index (κ3) is 3.18. The van der Waals surface area contributed by atoms with E-state index in [4.69, 9.17) is 11.6 Å². The molecule has 0 atom stereocenters.